The lowest BCUT2D eigenvalue weighted by Crippen LogP contribution is -2.21. The Balaban J connectivity index is 0.000000370. The van der Waals surface area contributed by atoms with Crippen LogP contribution in [0.2, 0.25) is 0 Å². The number of hydrogen-bond acceptors (Lipinski definition) is 5. The van der Waals surface area contributed by atoms with Crippen LogP contribution in [0.25, 0.3) is 10.9 Å². The lowest BCUT2D eigenvalue weighted by atomic mass is 10.1. The lowest BCUT2D eigenvalue weighted by molar-refractivity contribution is -0.192. The quantitative estimate of drug-likeness (QED) is 0.507. The maximum Gasteiger partial charge on any atom is 0.490 e. The number of pyridine rings is 1. The molecule has 0 radical (unpaired) electrons. The minimum absolute atomic E-state index is 0.380. The van der Waals surface area contributed by atoms with Crippen LogP contribution in [0.15, 0.2) is 60.8 Å². The fourth-order valence-corrected chi connectivity index (χ4v) is 2.25. The second kappa shape index (κ2) is 9.65. The molecule has 0 unspecified atom stereocenters. The van der Waals surface area contributed by atoms with E-state index in [1.54, 1.807) is 30.5 Å². The van der Waals surface area contributed by atoms with Gasteiger partial charge in [0.1, 0.15) is 5.75 Å². The zero-order valence-corrected chi connectivity index (χ0v) is 15.0. The highest BCUT2D eigenvalue weighted by atomic mass is 19.4. The fourth-order valence-electron chi connectivity index (χ4n) is 2.25. The Hall–Kier alpha value is -3.46. The van der Waals surface area contributed by atoms with Crippen LogP contribution in [0, 0.1) is 0 Å². The number of carboxylic acids is 1. The molecule has 0 bridgehead atoms. The molecule has 0 fully saturated rings. The number of esters is 1. The van der Waals surface area contributed by atoms with Gasteiger partial charge in [-0.15, -0.1) is 0 Å². The van der Waals surface area contributed by atoms with Crippen molar-refractivity contribution in [1.29, 1.82) is 0 Å². The van der Waals surface area contributed by atoms with Crippen molar-refractivity contribution in [2.24, 2.45) is 5.73 Å². The Kier molecular flexibility index (Phi) is 7.27. The number of aromatic nitrogens is 1. The molecule has 0 saturated heterocycles. The van der Waals surface area contributed by atoms with Gasteiger partial charge in [0.25, 0.3) is 0 Å². The van der Waals surface area contributed by atoms with Crippen LogP contribution < -0.4 is 10.5 Å². The van der Waals surface area contributed by atoms with Crippen molar-refractivity contribution in [2.45, 2.75) is 12.6 Å². The van der Waals surface area contributed by atoms with E-state index in [2.05, 4.69) is 4.98 Å². The third-order valence-corrected chi connectivity index (χ3v) is 3.65. The summed E-state index contributed by atoms with van der Waals surface area (Å²) in [6.07, 6.45) is -2.57. The zero-order valence-electron chi connectivity index (χ0n) is 15.0. The molecular formula is C20H17F3N2O4. The van der Waals surface area contributed by atoms with E-state index >= 15 is 0 Å². The van der Waals surface area contributed by atoms with Gasteiger partial charge in [0.15, 0.2) is 0 Å². The summed E-state index contributed by atoms with van der Waals surface area (Å²) in [5.74, 6) is -2.65. The van der Waals surface area contributed by atoms with Crippen molar-refractivity contribution < 1.29 is 32.6 Å². The molecule has 0 amide bonds. The van der Waals surface area contributed by atoms with Gasteiger partial charge < -0.3 is 15.6 Å². The molecule has 9 heteroatoms. The number of hydrogen-bond donors (Lipinski definition) is 2. The Morgan fingerprint density at radius 1 is 1.07 bits per heavy atom. The number of benzene rings is 2. The number of fused-ring (bicyclic) bond motifs is 1. The Morgan fingerprint density at radius 2 is 1.72 bits per heavy atom. The largest absolute Gasteiger partial charge is 0.490 e. The van der Waals surface area contributed by atoms with Gasteiger partial charge in [-0.3, -0.25) is 4.98 Å². The van der Waals surface area contributed by atoms with Gasteiger partial charge in [0.2, 0.25) is 0 Å². The Bertz CT molecular complexity index is 989. The first-order valence-corrected chi connectivity index (χ1v) is 8.37. The molecule has 3 rings (SSSR count). The molecule has 0 atom stereocenters. The van der Waals surface area contributed by atoms with Crippen molar-refractivity contribution >= 4 is 22.8 Å². The molecule has 152 valence electrons. The molecule has 1 heterocycles. The van der Waals surface area contributed by atoms with Crippen LogP contribution in [0.5, 0.6) is 5.75 Å². The first-order valence-electron chi connectivity index (χ1n) is 8.37. The van der Waals surface area contributed by atoms with Crippen LogP contribution in [0.1, 0.15) is 15.9 Å². The number of aliphatic carboxylic acids is 1. The maximum absolute atomic E-state index is 12.2. The first-order chi connectivity index (χ1) is 13.7. The molecule has 2 aromatic carbocycles. The molecule has 3 aromatic rings. The zero-order chi connectivity index (χ0) is 21.4. The van der Waals surface area contributed by atoms with Crippen molar-refractivity contribution in [3.63, 3.8) is 0 Å². The number of nitrogens with two attached hydrogens (primary N) is 1. The summed E-state index contributed by atoms with van der Waals surface area (Å²) in [4.78, 5) is 25.3. The molecule has 0 spiro atoms. The number of nitrogens with zero attached hydrogens (tertiary/aromatic N) is 1. The predicted molar refractivity (Wildman–Crippen MR) is 99.6 cm³/mol. The lowest BCUT2D eigenvalue weighted by Gasteiger charge is -2.06. The first kappa shape index (κ1) is 21.8. The van der Waals surface area contributed by atoms with E-state index in [0.717, 1.165) is 22.9 Å². The van der Waals surface area contributed by atoms with Gasteiger partial charge in [0, 0.05) is 17.6 Å². The summed E-state index contributed by atoms with van der Waals surface area (Å²) >= 11 is 0. The van der Waals surface area contributed by atoms with E-state index in [1.807, 2.05) is 30.3 Å². The van der Waals surface area contributed by atoms with E-state index in [9.17, 15) is 18.0 Å². The number of halogens is 3. The molecule has 1 aromatic heterocycles. The van der Waals surface area contributed by atoms with Gasteiger partial charge in [-0.05, 0) is 48.9 Å². The summed E-state index contributed by atoms with van der Waals surface area (Å²) in [5.41, 5.74) is 7.93. The number of rotatable bonds is 4. The van der Waals surface area contributed by atoms with E-state index in [0.29, 0.717) is 17.9 Å². The smallest absolute Gasteiger partial charge is 0.475 e. The van der Waals surface area contributed by atoms with E-state index in [-0.39, 0.29) is 5.97 Å². The van der Waals surface area contributed by atoms with Crippen LogP contribution in [-0.2, 0) is 11.2 Å². The number of alkyl halides is 3. The predicted octanol–water partition coefficient (Wildman–Crippen LogP) is 3.59. The molecular weight excluding hydrogens is 389 g/mol. The maximum atomic E-state index is 12.2. The molecule has 3 N–H and O–H groups in total. The van der Waals surface area contributed by atoms with Crippen molar-refractivity contribution in [3.05, 3.63) is 71.9 Å². The Morgan fingerprint density at radius 3 is 2.31 bits per heavy atom. The van der Waals surface area contributed by atoms with E-state index in [4.69, 9.17) is 20.4 Å². The van der Waals surface area contributed by atoms with Gasteiger partial charge in [-0.1, -0.05) is 18.2 Å². The van der Waals surface area contributed by atoms with Crippen molar-refractivity contribution in [1.82, 2.24) is 4.98 Å². The molecule has 0 aliphatic heterocycles. The summed E-state index contributed by atoms with van der Waals surface area (Å²) in [6, 6.07) is 16.5. The molecule has 0 aliphatic rings. The van der Waals surface area contributed by atoms with Crippen LogP contribution in [0.3, 0.4) is 0 Å². The third kappa shape index (κ3) is 6.58. The molecule has 0 aliphatic carbocycles. The van der Waals surface area contributed by atoms with Crippen LogP contribution in [0.4, 0.5) is 13.2 Å². The summed E-state index contributed by atoms with van der Waals surface area (Å²) in [5, 5.41) is 8.13. The fraction of sp³-hybridized carbons (Fsp3) is 0.150. The third-order valence-electron chi connectivity index (χ3n) is 3.65. The topological polar surface area (TPSA) is 103 Å². The average molecular weight is 406 g/mol. The molecule has 29 heavy (non-hydrogen) atoms. The number of carboxylic acid groups (broad SMARTS) is 1. The van der Waals surface area contributed by atoms with Crippen LogP contribution >= 0.6 is 0 Å². The van der Waals surface area contributed by atoms with Gasteiger partial charge >= 0.3 is 18.1 Å². The van der Waals surface area contributed by atoms with Gasteiger partial charge in [-0.25, -0.2) is 9.59 Å². The van der Waals surface area contributed by atoms with Gasteiger partial charge in [-0.2, -0.15) is 13.2 Å². The molecule has 6 nitrogen and oxygen atoms in total. The number of carbonyl (C=O) groups is 2. The van der Waals surface area contributed by atoms with Crippen LogP contribution in [-0.4, -0.2) is 34.8 Å². The minimum Gasteiger partial charge on any atom is -0.475 e. The highest BCUT2D eigenvalue weighted by Crippen LogP contribution is 2.20. The standard InChI is InChI=1S/C18H16N2O2.C2HF3O2/c19-10-9-13-3-5-15(6-4-13)18(21)22-16-8-7-14-2-1-11-20-17(14)12-16;3-2(4,5)1(6)7/h1-8,11-12H,9-10,19H2;(H,6,7). The normalized spacial score (nSPS) is 10.8. The second-order valence-corrected chi connectivity index (χ2v) is 5.79. The minimum atomic E-state index is -5.08. The van der Waals surface area contributed by atoms with Crippen molar-refractivity contribution in [3.8, 4) is 5.75 Å². The summed E-state index contributed by atoms with van der Waals surface area (Å²) < 4.78 is 37.1. The highest BCUT2D eigenvalue weighted by Gasteiger charge is 2.38. The number of carbonyl (C=O) groups excluding carboxylic acids is 1. The van der Waals surface area contributed by atoms with E-state index < -0.39 is 12.1 Å². The number of ether oxygens (including phenoxy) is 1. The van der Waals surface area contributed by atoms with Gasteiger partial charge in [0.05, 0.1) is 11.1 Å². The SMILES string of the molecule is NCCc1ccc(C(=O)Oc2ccc3cccnc3c2)cc1.O=C(O)C(F)(F)F. The monoisotopic (exact) mass is 406 g/mol. The second-order valence-electron chi connectivity index (χ2n) is 5.79. The molecule has 0 saturated carbocycles. The average Bonchev–Trinajstić information content (AvgIpc) is 2.68. The van der Waals surface area contributed by atoms with Crippen molar-refractivity contribution in [2.75, 3.05) is 6.54 Å². The summed E-state index contributed by atoms with van der Waals surface area (Å²) in [7, 11) is 0. The summed E-state index contributed by atoms with van der Waals surface area (Å²) in [6.45, 7) is 0.591. The Labute approximate surface area is 163 Å². The van der Waals surface area contributed by atoms with E-state index in [1.165, 1.54) is 0 Å². The highest BCUT2D eigenvalue weighted by molar-refractivity contribution is 5.91.